The maximum absolute atomic E-state index is 12.4. The standard InChI is InChI=1S/C5H6F2O4/c6-5(7)3(9)2(8)1-11-4(5)10/h2-3,8-9H,1H2/t2-,3-/m1/s1. The van der Waals surface area contributed by atoms with Crippen molar-refractivity contribution in [3.8, 4) is 0 Å². The summed E-state index contributed by atoms with van der Waals surface area (Å²) in [5.41, 5.74) is 0. The van der Waals surface area contributed by atoms with Crippen molar-refractivity contribution < 1.29 is 28.5 Å². The first-order valence-corrected chi connectivity index (χ1v) is 2.87. The maximum atomic E-state index is 12.4. The van der Waals surface area contributed by atoms with Crippen LogP contribution in [0.2, 0.25) is 0 Å². The van der Waals surface area contributed by atoms with Crippen molar-refractivity contribution >= 4 is 5.97 Å². The molecule has 0 aromatic heterocycles. The third-order valence-electron chi connectivity index (χ3n) is 1.39. The maximum Gasteiger partial charge on any atom is 0.380 e. The molecule has 0 bridgehead atoms. The van der Waals surface area contributed by atoms with Crippen LogP contribution in [0.4, 0.5) is 8.78 Å². The molecule has 4 nitrogen and oxygen atoms in total. The van der Waals surface area contributed by atoms with Crippen LogP contribution in [0.3, 0.4) is 0 Å². The minimum absolute atomic E-state index is 0.588. The van der Waals surface area contributed by atoms with Gasteiger partial charge in [0.2, 0.25) is 0 Å². The summed E-state index contributed by atoms with van der Waals surface area (Å²) in [5, 5.41) is 17.2. The van der Waals surface area contributed by atoms with Crippen LogP contribution in [0, 0.1) is 0 Å². The molecule has 64 valence electrons. The molecule has 1 fully saturated rings. The number of cyclic esters (lactones) is 1. The van der Waals surface area contributed by atoms with Crippen LogP contribution >= 0.6 is 0 Å². The molecule has 2 atom stereocenters. The zero-order valence-corrected chi connectivity index (χ0v) is 5.33. The van der Waals surface area contributed by atoms with Crippen molar-refractivity contribution in [2.75, 3.05) is 6.61 Å². The molecule has 0 radical (unpaired) electrons. The van der Waals surface area contributed by atoms with E-state index in [0.29, 0.717) is 0 Å². The van der Waals surface area contributed by atoms with E-state index in [4.69, 9.17) is 10.2 Å². The van der Waals surface area contributed by atoms with E-state index in [0.717, 1.165) is 0 Å². The Bertz CT molecular complexity index is 181. The van der Waals surface area contributed by atoms with Crippen molar-refractivity contribution in [1.82, 2.24) is 0 Å². The summed E-state index contributed by atoms with van der Waals surface area (Å²) in [4.78, 5) is 10.2. The van der Waals surface area contributed by atoms with Crippen LogP contribution < -0.4 is 0 Å². The molecule has 6 heteroatoms. The zero-order chi connectivity index (χ0) is 8.65. The third kappa shape index (κ3) is 1.19. The van der Waals surface area contributed by atoms with Crippen molar-refractivity contribution in [1.29, 1.82) is 0 Å². The second-order valence-electron chi connectivity index (χ2n) is 2.23. The van der Waals surface area contributed by atoms with Crippen LogP contribution in [0.15, 0.2) is 0 Å². The Kier molecular flexibility index (Phi) is 1.81. The summed E-state index contributed by atoms with van der Waals surface area (Å²) in [6.45, 7) is -0.588. The lowest BCUT2D eigenvalue weighted by Crippen LogP contribution is -2.55. The van der Waals surface area contributed by atoms with Gasteiger partial charge in [0.15, 0.2) is 6.10 Å². The average Bonchev–Trinajstić information content (AvgIpc) is 1.95. The van der Waals surface area contributed by atoms with E-state index in [1.165, 1.54) is 0 Å². The minimum Gasteiger partial charge on any atom is -0.458 e. The lowest BCUT2D eigenvalue weighted by Gasteiger charge is -2.29. The molecule has 0 saturated carbocycles. The molecule has 1 aliphatic rings. The minimum atomic E-state index is -3.99. The van der Waals surface area contributed by atoms with Gasteiger partial charge < -0.3 is 14.9 Å². The molecular weight excluding hydrogens is 162 g/mol. The average molecular weight is 168 g/mol. The van der Waals surface area contributed by atoms with Gasteiger partial charge in [-0.1, -0.05) is 0 Å². The summed E-state index contributed by atoms with van der Waals surface area (Å²) in [5.74, 6) is -5.78. The van der Waals surface area contributed by atoms with Gasteiger partial charge in [-0.3, -0.25) is 0 Å². The highest BCUT2D eigenvalue weighted by Gasteiger charge is 2.54. The fourth-order valence-electron chi connectivity index (χ4n) is 0.711. The molecule has 0 aromatic rings. The van der Waals surface area contributed by atoms with Gasteiger partial charge in [-0.15, -0.1) is 0 Å². The predicted octanol–water partition coefficient (Wildman–Crippen LogP) is -1.10. The first kappa shape index (κ1) is 8.35. The Morgan fingerprint density at radius 2 is 2.09 bits per heavy atom. The fourth-order valence-corrected chi connectivity index (χ4v) is 0.711. The summed E-state index contributed by atoms with van der Waals surface area (Å²) in [6.07, 6.45) is -4.06. The van der Waals surface area contributed by atoms with Crippen molar-refractivity contribution in [2.24, 2.45) is 0 Å². The van der Waals surface area contributed by atoms with E-state index in [1.807, 2.05) is 0 Å². The molecule has 2 N–H and O–H groups in total. The van der Waals surface area contributed by atoms with Gasteiger partial charge in [0, 0.05) is 0 Å². The first-order valence-electron chi connectivity index (χ1n) is 2.87. The lowest BCUT2D eigenvalue weighted by atomic mass is 10.1. The predicted molar refractivity (Wildman–Crippen MR) is 27.9 cm³/mol. The highest BCUT2D eigenvalue weighted by atomic mass is 19.3. The summed E-state index contributed by atoms with van der Waals surface area (Å²) in [6, 6.07) is 0. The molecule has 1 aliphatic heterocycles. The molecule has 0 aromatic carbocycles. The second kappa shape index (κ2) is 2.38. The number of carbonyl (C=O) groups excluding carboxylic acids is 1. The molecular formula is C5H6F2O4. The summed E-state index contributed by atoms with van der Waals surface area (Å²) >= 11 is 0. The van der Waals surface area contributed by atoms with Gasteiger partial charge in [0.1, 0.15) is 12.7 Å². The molecule has 11 heavy (non-hydrogen) atoms. The van der Waals surface area contributed by atoms with Crippen molar-refractivity contribution in [2.45, 2.75) is 18.1 Å². The molecule has 0 unspecified atom stereocenters. The van der Waals surface area contributed by atoms with Crippen LogP contribution in [-0.4, -0.2) is 40.9 Å². The second-order valence-corrected chi connectivity index (χ2v) is 2.23. The number of aliphatic hydroxyl groups is 2. The number of esters is 1. The zero-order valence-electron chi connectivity index (χ0n) is 5.33. The smallest absolute Gasteiger partial charge is 0.380 e. The van der Waals surface area contributed by atoms with E-state index < -0.39 is 30.7 Å². The van der Waals surface area contributed by atoms with Crippen molar-refractivity contribution in [3.05, 3.63) is 0 Å². The number of carbonyl (C=O) groups is 1. The fraction of sp³-hybridized carbons (Fsp3) is 0.800. The summed E-state index contributed by atoms with van der Waals surface area (Å²) < 4.78 is 28.6. The molecule has 0 aliphatic carbocycles. The van der Waals surface area contributed by atoms with Gasteiger partial charge in [0.25, 0.3) is 0 Å². The lowest BCUT2D eigenvalue weighted by molar-refractivity contribution is -0.225. The number of aliphatic hydroxyl groups excluding tert-OH is 2. The van der Waals surface area contributed by atoms with Crippen LogP contribution in [0.1, 0.15) is 0 Å². The number of halogens is 2. The first-order chi connectivity index (χ1) is 4.96. The molecule has 1 saturated heterocycles. The highest BCUT2D eigenvalue weighted by Crippen LogP contribution is 2.26. The van der Waals surface area contributed by atoms with E-state index in [2.05, 4.69) is 4.74 Å². The van der Waals surface area contributed by atoms with E-state index in [-0.39, 0.29) is 0 Å². The molecule has 1 rings (SSSR count). The van der Waals surface area contributed by atoms with Gasteiger partial charge in [-0.05, 0) is 0 Å². The Balaban J connectivity index is 2.80. The number of hydrogen-bond donors (Lipinski definition) is 2. The Morgan fingerprint density at radius 1 is 1.55 bits per heavy atom. The van der Waals surface area contributed by atoms with Gasteiger partial charge in [-0.2, -0.15) is 8.78 Å². The molecule has 1 heterocycles. The number of alkyl halides is 2. The normalized spacial score (nSPS) is 36.5. The van der Waals surface area contributed by atoms with Crippen molar-refractivity contribution in [3.63, 3.8) is 0 Å². The monoisotopic (exact) mass is 168 g/mol. The van der Waals surface area contributed by atoms with E-state index >= 15 is 0 Å². The highest BCUT2D eigenvalue weighted by molar-refractivity contribution is 5.79. The summed E-state index contributed by atoms with van der Waals surface area (Å²) in [7, 11) is 0. The van der Waals surface area contributed by atoms with Crippen LogP contribution in [0.25, 0.3) is 0 Å². The Morgan fingerprint density at radius 3 is 2.55 bits per heavy atom. The topological polar surface area (TPSA) is 66.8 Å². The van der Waals surface area contributed by atoms with Crippen LogP contribution in [-0.2, 0) is 9.53 Å². The largest absolute Gasteiger partial charge is 0.458 e. The van der Waals surface area contributed by atoms with Gasteiger partial charge >= 0.3 is 11.9 Å². The Hall–Kier alpha value is -0.750. The number of ether oxygens (including phenoxy) is 1. The van der Waals surface area contributed by atoms with E-state index in [1.54, 1.807) is 0 Å². The number of hydrogen-bond acceptors (Lipinski definition) is 4. The SMILES string of the molecule is O=C1OC[C@@H](O)[C@@H](O)C1(F)F. The van der Waals surface area contributed by atoms with Crippen LogP contribution in [0.5, 0.6) is 0 Å². The van der Waals surface area contributed by atoms with Gasteiger partial charge in [0.05, 0.1) is 0 Å². The number of rotatable bonds is 0. The van der Waals surface area contributed by atoms with E-state index in [9.17, 15) is 13.6 Å². The molecule has 0 amide bonds. The third-order valence-corrected chi connectivity index (χ3v) is 1.39. The quantitative estimate of drug-likeness (QED) is 0.450. The van der Waals surface area contributed by atoms with Gasteiger partial charge in [-0.25, -0.2) is 4.79 Å². The Labute approximate surface area is 60.4 Å². The molecule has 0 spiro atoms.